The van der Waals surface area contributed by atoms with Crippen molar-refractivity contribution in [1.29, 1.82) is 0 Å². The number of carbonyl (C=O) groups is 1. The predicted octanol–water partition coefficient (Wildman–Crippen LogP) is 0.995. The highest BCUT2D eigenvalue weighted by Gasteiger charge is 2.19. The quantitative estimate of drug-likeness (QED) is 0.334. The molecule has 2 rings (SSSR count). The van der Waals surface area contributed by atoms with Crippen molar-refractivity contribution in [2.75, 3.05) is 20.1 Å². The van der Waals surface area contributed by atoms with Gasteiger partial charge in [-0.15, -0.1) is 0 Å². The summed E-state index contributed by atoms with van der Waals surface area (Å²) >= 11 is 0. The van der Waals surface area contributed by atoms with Crippen LogP contribution < -0.4 is 11.1 Å². The zero-order chi connectivity index (χ0) is 15.2. The Labute approximate surface area is 124 Å². The molecule has 114 valence electrons. The van der Waals surface area contributed by atoms with E-state index >= 15 is 0 Å². The zero-order valence-corrected chi connectivity index (χ0v) is 12.2. The molecule has 1 heterocycles. The summed E-state index contributed by atoms with van der Waals surface area (Å²) in [6.07, 6.45) is 3.58. The Balaban J connectivity index is 1.91. The van der Waals surface area contributed by atoms with Crippen LogP contribution >= 0.6 is 0 Å². The fraction of sp³-hybridized carbons (Fsp3) is 0.467. The molecule has 4 N–H and O–H groups in total. The normalized spacial score (nSPS) is 20.2. The van der Waals surface area contributed by atoms with E-state index in [9.17, 15) is 4.79 Å². The van der Waals surface area contributed by atoms with Crippen molar-refractivity contribution in [2.24, 2.45) is 10.9 Å². The van der Waals surface area contributed by atoms with E-state index in [1.807, 2.05) is 0 Å². The molecule has 1 saturated heterocycles. The summed E-state index contributed by atoms with van der Waals surface area (Å²) in [5.74, 6) is -0.0641. The van der Waals surface area contributed by atoms with E-state index in [0.717, 1.165) is 13.0 Å². The summed E-state index contributed by atoms with van der Waals surface area (Å²) in [6.45, 7) is 1.76. The van der Waals surface area contributed by atoms with Crippen molar-refractivity contribution in [3.05, 3.63) is 35.4 Å². The number of likely N-dealkylation sites (N-methyl/N-ethyl adjacent to an activating group) is 1. The van der Waals surface area contributed by atoms with Gasteiger partial charge >= 0.3 is 0 Å². The van der Waals surface area contributed by atoms with Gasteiger partial charge in [0.1, 0.15) is 0 Å². The Morgan fingerprint density at radius 1 is 1.38 bits per heavy atom. The van der Waals surface area contributed by atoms with E-state index in [1.165, 1.54) is 12.8 Å². The number of piperidine rings is 1. The molecule has 6 heteroatoms. The summed E-state index contributed by atoms with van der Waals surface area (Å²) in [6, 6.07) is 7.09. The fourth-order valence-electron chi connectivity index (χ4n) is 2.56. The van der Waals surface area contributed by atoms with Gasteiger partial charge in [-0.25, -0.2) is 0 Å². The van der Waals surface area contributed by atoms with Crippen molar-refractivity contribution < 1.29 is 10.0 Å². The molecule has 1 atom stereocenters. The highest BCUT2D eigenvalue weighted by atomic mass is 16.4. The van der Waals surface area contributed by atoms with Gasteiger partial charge < -0.3 is 21.2 Å². The van der Waals surface area contributed by atoms with E-state index in [-0.39, 0.29) is 11.7 Å². The lowest BCUT2D eigenvalue weighted by molar-refractivity contribution is 0.0928. The number of rotatable bonds is 4. The number of likely N-dealkylation sites (tertiary alicyclic amines) is 1. The van der Waals surface area contributed by atoms with E-state index in [0.29, 0.717) is 23.7 Å². The molecule has 0 aliphatic carbocycles. The van der Waals surface area contributed by atoms with Crippen LogP contribution in [0.5, 0.6) is 0 Å². The van der Waals surface area contributed by atoms with Crippen molar-refractivity contribution in [3.63, 3.8) is 0 Å². The van der Waals surface area contributed by atoms with Crippen LogP contribution in [0.15, 0.2) is 29.4 Å². The van der Waals surface area contributed by atoms with Gasteiger partial charge in [0.15, 0.2) is 5.84 Å². The maximum absolute atomic E-state index is 12.1. The Hall–Kier alpha value is -2.08. The number of carbonyl (C=O) groups excluding carboxylic acids is 1. The Morgan fingerprint density at radius 3 is 2.67 bits per heavy atom. The number of nitrogens with zero attached hydrogens (tertiary/aromatic N) is 2. The van der Waals surface area contributed by atoms with Crippen molar-refractivity contribution >= 4 is 11.7 Å². The molecular formula is C15H22N4O2. The summed E-state index contributed by atoms with van der Waals surface area (Å²) in [5.41, 5.74) is 6.64. The minimum Gasteiger partial charge on any atom is -0.409 e. The molecule has 0 spiro atoms. The van der Waals surface area contributed by atoms with Crippen LogP contribution in [0.4, 0.5) is 0 Å². The topological polar surface area (TPSA) is 91.0 Å². The maximum atomic E-state index is 12.1. The van der Waals surface area contributed by atoms with E-state index < -0.39 is 0 Å². The molecule has 1 aliphatic rings. The summed E-state index contributed by atoms with van der Waals surface area (Å²) in [4.78, 5) is 14.4. The molecule has 1 aromatic rings. The molecule has 0 bridgehead atoms. The van der Waals surface area contributed by atoms with Gasteiger partial charge in [-0.2, -0.15) is 0 Å². The molecule has 1 aromatic carbocycles. The number of nitrogens with one attached hydrogen (secondary N) is 1. The van der Waals surface area contributed by atoms with Gasteiger partial charge in [-0.05, 0) is 38.6 Å². The minimum absolute atomic E-state index is 0.0331. The van der Waals surface area contributed by atoms with Gasteiger partial charge in [0.2, 0.25) is 0 Å². The molecule has 1 unspecified atom stereocenters. The standard InChI is InChI=1S/C15H22N4O2/c1-19-9-3-2-4-13(19)10-17-15(20)12-7-5-11(6-8-12)14(16)18-21/h5-8,13,21H,2-4,9-10H2,1H3,(H2,16,18)(H,17,20). The number of amides is 1. The fourth-order valence-corrected chi connectivity index (χ4v) is 2.56. The highest BCUT2D eigenvalue weighted by molar-refractivity contribution is 5.99. The highest BCUT2D eigenvalue weighted by Crippen LogP contribution is 2.14. The maximum Gasteiger partial charge on any atom is 0.251 e. The van der Waals surface area contributed by atoms with Crippen LogP contribution in [0.2, 0.25) is 0 Å². The third kappa shape index (κ3) is 3.95. The molecule has 6 nitrogen and oxygen atoms in total. The van der Waals surface area contributed by atoms with Crippen LogP contribution in [0, 0.1) is 0 Å². The van der Waals surface area contributed by atoms with Gasteiger partial charge in [-0.1, -0.05) is 23.7 Å². The van der Waals surface area contributed by atoms with Crippen LogP contribution in [0.3, 0.4) is 0 Å². The summed E-state index contributed by atoms with van der Waals surface area (Å²) < 4.78 is 0. The SMILES string of the molecule is CN1CCCCC1CNC(=O)c1ccc(C(N)=NO)cc1. The number of oxime groups is 1. The van der Waals surface area contributed by atoms with Gasteiger partial charge in [-0.3, -0.25) is 4.79 Å². The van der Waals surface area contributed by atoms with Crippen LogP contribution in [-0.4, -0.2) is 48.0 Å². The molecule has 1 fully saturated rings. The van der Waals surface area contributed by atoms with Crippen LogP contribution in [-0.2, 0) is 0 Å². The Bertz CT molecular complexity index is 513. The lowest BCUT2D eigenvalue weighted by Gasteiger charge is -2.32. The molecule has 0 saturated carbocycles. The van der Waals surface area contributed by atoms with Crippen LogP contribution in [0.25, 0.3) is 0 Å². The predicted molar refractivity (Wildman–Crippen MR) is 81.6 cm³/mol. The number of nitrogens with two attached hydrogens (primary N) is 1. The zero-order valence-electron chi connectivity index (χ0n) is 12.2. The van der Waals surface area contributed by atoms with Crippen molar-refractivity contribution in [2.45, 2.75) is 25.3 Å². The van der Waals surface area contributed by atoms with Gasteiger partial charge in [0, 0.05) is 23.7 Å². The number of hydrogen-bond acceptors (Lipinski definition) is 4. The monoisotopic (exact) mass is 290 g/mol. The third-order valence-electron chi connectivity index (χ3n) is 3.97. The lowest BCUT2D eigenvalue weighted by atomic mass is 10.0. The summed E-state index contributed by atoms with van der Waals surface area (Å²) in [5, 5.41) is 14.5. The Kier molecular flexibility index (Phi) is 5.16. The van der Waals surface area contributed by atoms with Crippen LogP contribution in [0.1, 0.15) is 35.2 Å². The smallest absolute Gasteiger partial charge is 0.251 e. The van der Waals surface area contributed by atoms with E-state index in [4.69, 9.17) is 10.9 Å². The molecule has 1 aliphatic heterocycles. The van der Waals surface area contributed by atoms with Gasteiger partial charge in [0.05, 0.1) is 0 Å². The average molecular weight is 290 g/mol. The van der Waals surface area contributed by atoms with Crippen molar-refractivity contribution in [3.8, 4) is 0 Å². The van der Waals surface area contributed by atoms with Crippen molar-refractivity contribution in [1.82, 2.24) is 10.2 Å². The lowest BCUT2D eigenvalue weighted by Crippen LogP contribution is -2.44. The second-order valence-corrected chi connectivity index (χ2v) is 5.40. The second kappa shape index (κ2) is 7.08. The number of hydrogen-bond donors (Lipinski definition) is 3. The molecule has 0 aromatic heterocycles. The third-order valence-corrected chi connectivity index (χ3v) is 3.97. The Morgan fingerprint density at radius 2 is 2.05 bits per heavy atom. The molecule has 1 amide bonds. The largest absolute Gasteiger partial charge is 0.409 e. The first-order valence-electron chi connectivity index (χ1n) is 7.18. The van der Waals surface area contributed by atoms with Gasteiger partial charge in [0.25, 0.3) is 5.91 Å². The van der Waals surface area contributed by atoms with E-state index in [1.54, 1.807) is 24.3 Å². The first kappa shape index (κ1) is 15.3. The number of amidine groups is 1. The second-order valence-electron chi connectivity index (χ2n) is 5.40. The van der Waals surface area contributed by atoms with E-state index in [2.05, 4.69) is 22.4 Å². The molecule has 21 heavy (non-hydrogen) atoms. The molecule has 0 radical (unpaired) electrons. The molecular weight excluding hydrogens is 268 g/mol. The first-order chi connectivity index (χ1) is 10.1. The summed E-state index contributed by atoms with van der Waals surface area (Å²) in [7, 11) is 2.10. The average Bonchev–Trinajstić information content (AvgIpc) is 2.53. The number of benzene rings is 1. The minimum atomic E-state index is -0.0972. The first-order valence-corrected chi connectivity index (χ1v) is 7.18.